The lowest BCUT2D eigenvalue weighted by Gasteiger charge is -2.17. The third kappa shape index (κ3) is 4.63. The van der Waals surface area contributed by atoms with Crippen molar-refractivity contribution in [3.05, 3.63) is 34.9 Å². The third-order valence-electron chi connectivity index (χ3n) is 2.29. The maximum Gasteiger partial charge on any atom is 0.279 e. The molecular formula is C11H17ClN2O2S. The number of hydrogen-bond donors (Lipinski definition) is 1. The van der Waals surface area contributed by atoms with Gasteiger partial charge in [-0.05, 0) is 31.0 Å². The van der Waals surface area contributed by atoms with E-state index in [1.165, 1.54) is 14.1 Å². The average molecular weight is 277 g/mol. The summed E-state index contributed by atoms with van der Waals surface area (Å²) in [7, 11) is -0.374. The van der Waals surface area contributed by atoms with E-state index < -0.39 is 10.2 Å². The molecule has 0 aliphatic rings. The van der Waals surface area contributed by atoms with Crippen LogP contribution in [0.15, 0.2) is 24.3 Å². The van der Waals surface area contributed by atoms with E-state index in [1.54, 1.807) is 12.1 Å². The van der Waals surface area contributed by atoms with Crippen LogP contribution in [-0.4, -0.2) is 32.9 Å². The fraction of sp³-hybridized carbons (Fsp3) is 0.455. The van der Waals surface area contributed by atoms with E-state index in [0.717, 1.165) is 9.87 Å². The molecule has 1 aromatic carbocycles. The minimum Gasteiger partial charge on any atom is -0.199 e. The van der Waals surface area contributed by atoms with Gasteiger partial charge in [0.15, 0.2) is 0 Å². The Kier molecular flexibility index (Phi) is 4.94. The Morgan fingerprint density at radius 3 is 2.29 bits per heavy atom. The van der Waals surface area contributed by atoms with Gasteiger partial charge in [0.2, 0.25) is 0 Å². The fourth-order valence-corrected chi connectivity index (χ4v) is 2.30. The second-order valence-electron chi connectivity index (χ2n) is 4.14. The van der Waals surface area contributed by atoms with Crippen molar-refractivity contribution in [3.8, 4) is 0 Å². The zero-order valence-corrected chi connectivity index (χ0v) is 11.7. The van der Waals surface area contributed by atoms with E-state index in [-0.39, 0.29) is 6.04 Å². The predicted molar refractivity (Wildman–Crippen MR) is 70.4 cm³/mol. The Morgan fingerprint density at radius 1 is 1.29 bits per heavy atom. The van der Waals surface area contributed by atoms with Crippen LogP contribution in [-0.2, 0) is 16.6 Å². The Bertz CT molecular complexity index is 457. The highest BCUT2D eigenvalue weighted by Crippen LogP contribution is 2.11. The molecule has 0 bridgehead atoms. The van der Waals surface area contributed by atoms with Crippen molar-refractivity contribution < 1.29 is 8.42 Å². The molecule has 1 aromatic rings. The Labute approximate surface area is 108 Å². The van der Waals surface area contributed by atoms with Gasteiger partial charge in [0.05, 0.1) is 0 Å². The van der Waals surface area contributed by atoms with Gasteiger partial charge >= 0.3 is 0 Å². The Hall–Kier alpha value is -0.620. The third-order valence-corrected chi connectivity index (χ3v) is 4.20. The zero-order valence-electron chi connectivity index (χ0n) is 10.1. The smallest absolute Gasteiger partial charge is 0.199 e. The largest absolute Gasteiger partial charge is 0.279 e. The first kappa shape index (κ1) is 14.4. The molecule has 1 rings (SSSR count). The van der Waals surface area contributed by atoms with Gasteiger partial charge in [0, 0.05) is 25.2 Å². The summed E-state index contributed by atoms with van der Waals surface area (Å²) in [6.07, 6.45) is 0.629. The summed E-state index contributed by atoms with van der Waals surface area (Å²) in [6.45, 7) is 1.83. The summed E-state index contributed by atoms with van der Waals surface area (Å²) in [4.78, 5) is 0. The summed E-state index contributed by atoms with van der Waals surface area (Å²) in [5.41, 5.74) is 1.04. The van der Waals surface area contributed by atoms with E-state index in [2.05, 4.69) is 4.72 Å². The predicted octanol–water partition coefficient (Wildman–Crippen LogP) is 1.67. The van der Waals surface area contributed by atoms with E-state index in [4.69, 9.17) is 11.6 Å². The molecule has 0 aromatic heterocycles. The van der Waals surface area contributed by atoms with Crippen LogP contribution in [0.1, 0.15) is 12.5 Å². The monoisotopic (exact) mass is 276 g/mol. The van der Waals surface area contributed by atoms with Crippen molar-refractivity contribution in [2.75, 3.05) is 14.1 Å². The SMILES string of the molecule is C[C@H](Cc1ccc(Cl)cc1)NS(=O)(=O)N(C)C. The van der Waals surface area contributed by atoms with E-state index in [0.29, 0.717) is 11.4 Å². The highest BCUT2D eigenvalue weighted by Gasteiger charge is 2.16. The molecule has 0 saturated carbocycles. The molecular weight excluding hydrogens is 260 g/mol. The first-order chi connectivity index (χ1) is 7.81. The van der Waals surface area contributed by atoms with Gasteiger partial charge in [0.1, 0.15) is 0 Å². The molecule has 0 fully saturated rings. The van der Waals surface area contributed by atoms with Gasteiger partial charge < -0.3 is 0 Å². The summed E-state index contributed by atoms with van der Waals surface area (Å²) >= 11 is 5.78. The highest BCUT2D eigenvalue weighted by atomic mass is 35.5. The lowest BCUT2D eigenvalue weighted by atomic mass is 10.1. The van der Waals surface area contributed by atoms with E-state index in [9.17, 15) is 8.42 Å². The van der Waals surface area contributed by atoms with Crippen LogP contribution >= 0.6 is 11.6 Å². The van der Waals surface area contributed by atoms with Crippen LogP contribution in [0.5, 0.6) is 0 Å². The van der Waals surface area contributed by atoms with Crippen LogP contribution in [0.25, 0.3) is 0 Å². The van der Waals surface area contributed by atoms with Crippen LogP contribution in [0.3, 0.4) is 0 Å². The lowest BCUT2D eigenvalue weighted by Crippen LogP contribution is -2.41. The van der Waals surface area contributed by atoms with Crippen molar-refractivity contribution >= 4 is 21.8 Å². The van der Waals surface area contributed by atoms with Crippen LogP contribution in [0, 0.1) is 0 Å². The van der Waals surface area contributed by atoms with Gasteiger partial charge in [-0.1, -0.05) is 23.7 Å². The normalized spacial score (nSPS) is 13.9. The van der Waals surface area contributed by atoms with Gasteiger partial charge in [-0.25, -0.2) is 0 Å². The molecule has 0 unspecified atom stereocenters. The van der Waals surface area contributed by atoms with Crippen LogP contribution in [0.4, 0.5) is 0 Å². The Morgan fingerprint density at radius 2 is 1.82 bits per heavy atom. The van der Waals surface area contributed by atoms with Crippen molar-refractivity contribution in [1.82, 2.24) is 9.03 Å². The summed E-state index contributed by atoms with van der Waals surface area (Å²) < 4.78 is 26.9. The molecule has 96 valence electrons. The number of hydrogen-bond acceptors (Lipinski definition) is 2. The molecule has 0 aliphatic carbocycles. The van der Waals surface area contributed by atoms with E-state index in [1.807, 2.05) is 19.1 Å². The summed E-state index contributed by atoms with van der Waals surface area (Å²) in [6, 6.07) is 7.21. The number of rotatable bonds is 5. The standard InChI is InChI=1S/C11H17ClN2O2S/c1-9(13-17(15,16)14(2)3)8-10-4-6-11(12)7-5-10/h4-7,9,13H,8H2,1-3H3/t9-/m1/s1. The van der Waals surface area contributed by atoms with Gasteiger partial charge in [-0.2, -0.15) is 17.4 Å². The lowest BCUT2D eigenvalue weighted by molar-refractivity contribution is 0.491. The highest BCUT2D eigenvalue weighted by molar-refractivity contribution is 7.87. The van der Waals surface area contributed by atoms with Crippen molar-refractivity contribution in [3.63, 3.8) is 0 Å². The van der Waals surface area contributed by atoms with Gasteiger partial charge in [-0.3, -0.25) is 0 Å². The minimum absolute atomic E-state index is 0.163. The first-order valence-corrected chi connectivity index (χ1v) is 7.07. The van der Waals surface area contributed by atoms with Gasteiger partial charge in [0.25, 0.3) is 10.2 Å². The molecule has 4 nitrogen and oxygen atoms in total. The molecule has 1 N–H and O–H groups in total. The number of nitrogens with zero attached hydrogens (tertiary/aromatic N) is 1. The number of benzene rings is 1. The fourth-order valence-electron chi connectivity index (χ4n) is 1.38. The van der Waals surface area contributed by atoms with Crippen molar-refractivity contribution in [2.45, 2.75) is 19.4 Å². The van der Waals surface area contributed by atoms with Crippen molar-refractivity contribution in [1.29, 1.82) is 0 Å². The molecule has 0 amide bonds. The molecule has 0 spiro atoms. The maximum atomic E-state index is 11.6. The summed E-state index contributed by atoms with van der Waals surface area (Å²) in [5, 5.41) is 0.676. The minimum atomic E-state index is -3.37. The number of halogens is 1. The molecule has 0 radical (unpaired) electrons. The molecule has 0 aliphatic heterocycles. The molecule has 17 heavy (non-hydrogen) atoms. The van der Waals surface area contributed by atoms with Gasteiger partial charge in [-0.15, -0.1) is 0 Å². The van der Waals surface area contributed by atoms with Crippen molar-refractivity contribution in [2.24, 2.45) is 0 Å². The summed E-state index contributed by atoms with van der Waals surface area (Å²) in [5.74, 6) is 0. The van der Waals surface area contributed by atoms with E-state index >= 15 is 0 Å². The second-order valence-corrected chi connectivity index (χ2v) is 6.49. The topological polar surface area (TPSA) is 49.4 Å². The quantitative estimate of drug-likeness (QED) is 0.889. The molecule has 6 heteroatoms. The first-order valence-electron chi connectivity index (χ1n) is 5.25. The second kappa shape index (κ2) is 5.82. The van der Waals surface area contributed by atoms with Crippen LogP contribution < -0.4 is 4.72 Å². The zero-order chi connectivity index (χ0) is 13.1. The Balaban J connectivity index is 2.62. The molecule has 0 saturated heterocycles. The van der Waals surface area contributed by atoms with Crippen LogP contribution in [0.2, 0.25) is 5.02 Å². The molecule has 0 heterocycles. The molecule has 1 atom stereocenters. The number of nitrogens with one attached hydrogen (secondary N) is 1. The average Bonchev–Trinajstić information content (AvgIpc) is 2.20. The maximum absolute atomic E-state index is 11.6.